The predicted molar refractivity (Wildman–Crippen MR) is 163 cm³/mol. The SMILES string of the molecule is CC(C)(C)P(=[Se])(Cn1c(=[Se])n(CP(=[Se])(C(C)(C)C)C(C)(C)C)c2cc(Cl)c(Cl)cc21)C(C)(C)C. The Bertz CT molecular complexity index is 1120. The molecule has 0 aliphatic heterocycles. The molecule has 0 saturated heterocycles. The van der Waals surface area contributed by atoms with Gasteiger partial charge in [-0.25, -0.2) is 0 Å². The molecule has 0 spiro atoms. The van der Waals surface area contributed by atoms with Crippen molar-refractivity contribution in [2.24, 2.45) is 0 Å². The Kier molecular flexibility index (Phi) is 9.40. The molecule has 2 nitrogen and oxygen atoms in total. The van der Waals surface area contributed by atoms with E-state index >= 15 is 0 Å². The van der Waals surface area contributed by atoms with E-state index in [1.807, 2.05) is 0 Å². The zero-order valence-electron chi connectivity index (χ0n) is 22.8. The van der Waals surface area contributed by atoms with Crippen LogP contribution in [0.3, 0.4) is 0 Å². The standard InChI is InChI=1S/C25H42Cl2N2P2Se3/c1-22(2,3)30(33,23(4,5)6)15-28-19-13-17(26)18(27)14-20(19)29(21(28)32)16-31(34,24(7,8)9)25(10,11)12/h13-14H,15-16H2,1-12H3. The van der Waals surface area contributed by atoms with Gasteiger partial charge in [0.05, 0.1) is 0 Å². The second-order valence-electron chi connectivity index (χ2n) is 13.3. The van der Waals surface area contributed by atoms with Gasteiger partial charge in [-0.2, -0.15) is 0 Å². The Morgan fingerprint density at radius 3 is 1.06 bits per heavy atom. The molecule has 0 radical (unpaired) electrons. The molecule has 0 fully saturated rings. The van der Waals surface area contributed by atoms with Crippen molar-refractivity contribution in [2.45, 2.75) is 116 Å². The maximum atomic E-state index is 6.59. The van der Waals surface area contributed by atoms with Crippen molar-refractivity contribution in [3.8, 4) is 0 Å². The maximum absolute atomic E-state index is 6.59. The van der Waals surface area contributed by atoms with Gasteiger partial charge in [-0.05, 0) is 0 Å². The summed E-state index contributed by atoms with van der Waals surface area (Å²) in [6.07, 6.45) is 1.88. The summed E-state index contributed by atoms with van der Waals surface area (Å²) in [7, 11) is 0. The van der Waals surface area contributed by atoms with E-state index in [-0.39, 0.29) is 20.6 Å². The van der Waals surface area contributed by atoms with Crippen molar-refractivity contribution in [1.29, 1.82) is 0 Å². The number of hydrogen-bond acceptors (Lipinski definition) is 0. The van der Waals surface area contributed by atoms with Gasteiger partial charge in [0.15, 0.2) is 0 Å². The third kappa shape index (κ3) is 5.67. The van der Waals surface area contributed by atoms with Gasteiger partial charge in [0.25, 0.3) is 0 Å². The fourth-order valence-corrected chi connectivity index (χ4v) is 14.8. The van der Waals surface area contributed by atoms with Gasteiger partial charge in [0.2, 0.25) is 0 Å². The van der Waals surface area contributed by atoms with Crippen LogP contribution < -0.4 is 0 Å². The number of imidazole rings is 1. The van der Waals surface area contributed by atoms with Crippen molar-refractivity contribution >= 4 is 91.0 Å². The molecule has 34 heavy (non-hydrogen) atoms. The number of aromatic nitrogens is 2. The zero-order chi connectivity index (χ0) is 26.9. The van der Waals surface area contributed by atoms with Crippen LogP contribution in [0.4, 0.5) is 0 Å². The number of halogens is 2. The minimum absolute atomic E-state index is 0.154. The Balaban J connectivity index is 2.95. The molecule has 1 heterocycles. The molecule has 1 aromatic carbocycles. The Morgan fingerprint density at radius 1 is 0.618 bits per heavy atom. The second kappa shape index (κ2) is 10.0. The van der Waals surface area contributed by atoms with Gasteiger partial charge in [0.1, 0.15) is 0 Å². The summed E-state index contributed by atoms with van der Waals surface area (Å²) in [6.45, 7) is 28.5. The third-order valence-electron chi connectivity index (χ3n) is 7.08. The van der Waals surface area contributed by atoms with Crippen LogP contribution in [0.1, 0.15) is 83.1 Å². The molecule has 0 aliphatic rings. The number of fused-ring (bicyclic) bond motifs is 1. The average Bonchev–Trinajstić information content (AvgIpc) is 2.83. The van der Waals surface area contributed by atoms with Crippen LogP contribution in [-0.4, -0.2) is 75.5 Å². The number of rotatable bonds is 4. The average molecular weight is 740 g/mol. The molecule has 0 aliphatic carbocycles. The fourth-order valence-electron chi connectivity index (χ4n) is 4.84. The van der Waals surface area contributed by atoms with E-state index in [0.29, 0.717) is 10.0 Å². The molecular formula is C25H42Cl2N2P2Se3. The van der Waals surface area contributed by atoms with Gasteiger partial charge in [-0.1, -0.05) is 0 Å². The summed E-state index contributed by atoms with van der Waals surface area (Å²) in [6, 6.07) is 4.11. The molecular weight excluding hydrogens is 698 g/mol. The molecule has 2 aromatic rings. The summed E-state index contributed by atoms with van der Waals surface area (Å²) in [5, 5.41) is 1.82. The normalized spacial score (nSPS) is 14.8. The van der Waals surface area contributed by atoms with E-state index in [4.69, 9.17) is 23.2 Å². The Hall–Kier alpha value is 1.69. The molecule has 1 aromatic heterocycles. The van der Waals surface area contributed by atoms with Crippen molar-refractivity contribution in [3.05, 3.63) is 26.5 Å². The van der Waals surface area contributed by atoms with Crippen LogP contribution in [0.15, 0.2) is 12.1 Å². The quantitative estimate of drug-likeness (QED) is 0.219. The van der Waals surface area contributed by atoms with E-state index in [0.717, 1.165) is 27.9 Å². The van der Waals surface area contributed by atoms with Crippen molar-refractivity contribution in [1.82, 2.24) is 9.13 Å². The van der Waals surface area contributed by atoms with Gasteiger partial charge in [-0.15, -0.1) is 0 Å². The van der Waals surface area contributed by atoms with Crippen molar-refractivity contribution in [2.75, 3.05) is 0 Å². The van der Waals surface area contributed by atoms with E-state index < -0.39 is 11.0 Å². The summed E-state index contributed by atoms with van der Waals surface area (Å²) in [5.74, 6) is 0. The number of nitrogens with zero attached hydrogens (tertiary/aromatic N) is 2. The van der Waals surface area contributed by atoms with Crippen LogP contribution in [-0.2, 0) is 12.6 Å². The first-order chi connectivity index (χ1) is 14.9. The minimum atomic E-state index is -1.59. The zero-order valence-corrected chi connectivity index (χ0v) is 31.3. The van der Waals surface area contributed by atoms with Crippen LogP contribution in [0.2, 0.25) is 10.0 Å². The topological polar surface area (TPSA) is 9.86 Å². The first-order valence-corrected chi connectivity index (χ1v) is 21.6. The molecule has 194 valence electrons. The summed E-state index contributed by atoms with van der Waals surface area (Å²) in [4.78, 5) is 0. The van der Waals surface area contributed by atoms with Gasteiger partial charge in [0, 0.05) is 0 Å². The number of benzene rings is 1. The first-order valence-electron chi connectivity index (χ1n) is 11.7. The van der Waals surface area contributed by atoms with Crippen molar-refractivity contribution < 1.29 is 0 Å². The monoisotopic (exact) mass is 742 g/mol. The van der Waals surface area contributed by atoms with Crippen molar-refractivity contribution in [3.63, 3.8) is 0 Å². The van der Waals surface area contributed by atoms with Gasteiger partial charge in [-0.3, -0.25) is 0 Å². The summed E-state index contributed by atoms with van der Waals surface area (Å²) in [5.41, 5.74) is -0.892. The van der Waals surface area contributed by atoms with E-state index in [9.17, 15) is 0 Å². The van der Waals surface area contributed by atoms with Gasteiger partial charge < -0.3 is 0 Å². The number of hydrogen-bond donors (Lipinski definition) is 0. The molecule has 0 atom stereocenters. The van der Waals surface area contributed by atoms with Gasteiger partial charge >= 0.3 is 243 Å². The Morgan fingerprint density at radius 2 is 0.853 bits per heavy atom. The van der Waals surface area contributed by atoms with Crippen LogP contribution >= 0.6 is 34.2 Å². The molecule has 0 unspecified atom stereocenters. The fraction of sp³-hybridized carbons (Fsp3) is 0.720. The molecule has 9 heteroatoms. The molecule has 2 rings (SSSR count). The van der Waals surface area contributed by atoms with E-state index in [2.05, 4.69) is 150 Å². The summed E-state index contributed by atoms with van der Waals surface area (Å²) < 4.78 is 6.08. The molecule has 0 amide bonds. The predicted octanol–water partition coefficient (Wildman–Crippen LogP) is 8.76. The van der Waals surface area contributed by atoms with E-state index in [1.165, 1.54) is 0 Å². The molecule has 0 N–H and O–H groups in total. The Labute approximate surface area is 241 Å². The summed E-state index contributed by atoms with van der Waals surface area (Å²) >= 11 is 24.1. The molecule has 0 bridgehead atoms. The third-order valence-corrected chi connectivity index (χ3v) is 34.0. The first kappa shape index (κ1) is 31.9. The van der Waals surface area contributed by atoms with E-state index in [1.54, 1.807) is 0 Å². The second-order valence-corrected chi connectivity index (χ2v) is 31.7. The van der Waals surface area contributed by atoms with Crippen LogP contribution in [0, 0.1) is 4.32 Å². The van der Waals surface area contributed by atoms with Crippen LogP contribution in [0.5, 0.6) is 0 Å². The van der Waals surface area contributed by atoms with Crippen LogP contribution in [0.25, 0.3) is 11.0 Å². The molecule has 0 saturated carbocycles.